The molecule has 1 aliphatic rings. The van der Waals surface area contributed by atoms with Crippen molar-refractivity contribution in [1.29, 1.82) is 5.26 Å². The van der Waals surface area contributed by atoms with Gasteiger partial charge in [-0.05, 0) is 13.8 Å². The van der Waals surface area contributed by atoms with Gasteiger partial charge in [-0.25, -0.2) is 0 Å². The monoisotopic (exact) mass is 256 g/mol. The van der Waals surface area contributed by atoms with E-state index < -0.39 is 29.3 Å². The van der Waals surface area contributed by atoms with Crippen LogP contribution in [0.5, 0.6) is 0 Å². The van der Waals surface area contributed by atoms with Gasteiger partial charge in [0.15, 0.2) is 0 Å². The highest BCUT2D eigenvalue weighted by Crippen LogP contribution is 2.40. The van der Waals surface area contributed by atoms with Crippen LogP contribution in [0.2, 0.25) is 0 Å². The van der Waals surface area contributed by atoms with Crippen LogP contribution in [0.1, 0.15) is 13.8 Å². The van der Waals surface area contributed by atoms with Gasteiger partial charge in [0.25, 0.3) is 0 Å². The summed E-state index contributed by atoms with van der Waals surface area (Å²) in [6.45, 7) is 3.05. The average molecular weight is 256 g/mol. The van der Waals surface area contributed by atoms with Crippen LogP contribution in [-0.4, -0.2) is 40.7 Å². The zero-order valence-electron chi connectivity index (χ0n) is 8.91. The lowest BCUT2D eigenvalue weighted by molar-refractivity contribution is -0.331. The molecule has 0 spiro atoms. The molecule has 1 aliphatic heterocycles. The molecule has 0 aliphatic carbocycles. The molecule has 0 fully saturated rings. The number of nitrogens with zero attached hydrogens (tertiary/aromatic N) is 4. The number of hydrazone groups is 1. The third-order valence-corrected chi connectivity index (χ3v) is 2.13. The molecule has 1 unspecified atom stereocenters. The fourth-order valence-electron chi connectivity index (χ4n) is 1.28. The SMILES string of the molecule is CC(C)N1N=CN(C(F)(F)C(F)(F)F)C1C#N. The van der Waals surface area contributed by atoms with Gasteiger partial charge >= 0.3 is 12.2 Å². The van der Waals surface area contributed by atoms with Gasteiger partial charge in [0.2, 0.25) is 6.17 Å². The zero-order valence-corrected chi connectivity index (χ0v) is 8.91. The molecule has 1 heterocycles. The summed E-state index contributed by atoms with van der Waals surface area (Å²) in [5, 5.41) is 12.9. The summed E-state index contributed by atoms with van der Waals surface area (Å²) in [4.78, 5) is -0.396. The van der Waals surface area contributed by atoms with Crippen molar-refractivity contribution in [3.05, 3.63) is 0 Å². The van der Waals surface area contributed by atoms with Crippen molar-refractivity contribution in [3.63, 3.8) is 0 Å². The van der Waals surface area contributed by atoms with E-state index in [1.807, 2.05) is 0 Å². The Morgan fingerprint density at radius 1 is 1.29 bits per heavy atom. The van der Waals surface area contributed by atoms with Crippen molar-refractivity contribution in [2.45, 2.75) is 38.3 Å². The predicted octanol–water partition coefficient (Wildman–Crippen LogP) is 1.96. The highest BCUT2D eigenvalue weighted by Gasteiger charge is 2.64. The normalized spacial score (nSPS) is 21.2. The van der Waals surface area contributed by atoms with Crippen LogP contribution in [0, 0.1) is 11.3 Å². The maximum atomic E-state index is 13.0. The van der Waals surface area contributed by atoms with Gasteiger partial charge in [-0.1, -0.05) is 0 Å². The van der Waals surface area contributed by atoms with Gasteiger partial charge in [-0.2, -0.15) is 32.3 Å². The van der Waals surface area contributed by atoms with E-state index in [9.17, 15) is 22.0 Å². The lowest BCUT2D eigenvalue weighted by atomic mass is 10.3. The Hall–Kier alpha value is -1.59. The molecule has 0 radical (unpaired) electrons. The van der Waals surface area contributed by atoms with Crippen molar-refractivity contribution in [1.82, 2.24) is 9.91 Å². The third kappa shape index (κ3) is 2.11. The molecule has 96 valence electrons. The minimum absolute atomic E-state index is 0.335. The molecule has 4 nitrogen and oxygen atoms in total. The lowest BCUT2D eigenvalue weighted by Crippen LogP contribution is -2.56. The summed E-state index contributed by atoms with van der Waals surface area (Å²) in [6.07, 6.45) is -7.20. The van der Waals surface area contributed by atoms with Crippen LogP contribution in [0.25, 0.3) is 0 Å². The molecule has 0 aromatic rings. The van der Waals surface area contributed by atoms with Gasteiger partial charge in [-0.15, -0.1) is 0 Å². The van der Waals surface area contributed by atoms with E-state index in [-0.39, 0.29) is 0 Å². The minimum atomic E-state index is -5.76. The van der Waals surface area contributed by atoms with Crippen molar-refractivity contribution in [2.24, 2.45) is 5.10 Å². The van der Waals surface area contributed by atoms with Gasteiger partial charge in [0.1, 0.15) is 12.4 Å². The van der Waals surface area contributed by atoms with Crippen LogP contribution in [0.15, 0.2) is 5.10 Å². The summed E-state index contributed by atoms with van der Waals surface area (Å²) >= 11 is 0. The molecule has 0 N–H and O–H groups in total. The second kappa shape index (κ2) is 4.01. The van der Waals surface area contributed by atoms with E-state index in [1.165, 1.54) is 19.9 Å². The Morgan fingerprint density at radius 2 is 1.82 bits per heavy atom. The second-order valence-electron chi connectivity index (χ2n) is 3.65. The van der Waals surface area contributed by atoms with E-state index in [1.54, 1.807) is 0 Å². The lowest BCUT2D eigenvalue weighted by Gasteiger charge is -2.33. The molecular weight excluding hydrogens is 247 g/mol. The van der Waals surface area contributed by atoms with Crippen LogP contribution in [0.3, 0.4) is 0 Å². The highest BCUT2D eigenvalue weighted by atomic mass is 19.4. The molecule has 0 aromatic carbocycles. The number of alkyl halides is 5. The molecule has 0 amide bonds. The first-order valence-electron chi connectivity index (χ1n) is 4.58. The van der Waals surface area contributed by atoms with Crippen LogP contribution < -0.4 is 0 Å². The van der Waals surface area contributed by atoms with Gasteiger partial charge in [0, 0.05) is 6.04 Å². The number of nitriles is 1. The number of hydrogen-bond donors (Lipinski definition) is 0. The Labute approximate surface area is 93.9 Å². The third-order valence-electron chi connectivity index (χ3n) is 2.13. The Bertz CT molecular complexity index is 356. The van der Waals surface area contributed by atoms with Crippen LogP contribution in [-0.2, 0) is 0 Å². The maximum Gasteiger partial charge on any atom is 0.475 e. The summed E-state index contributed by atoms with van der Waals surface area (Å²) in [5.74, 6) is 0. The Morgan fingerprint density at radius 3 is 2.18 bits per heavy atom. The number of halogens is 5. The molecule has 0 saturated carbocycles. The van der Waals surface area contributed by atoms with E-state index in [0.29, 0.717) is 6.34 Å². The van der Waals surface area contributed by atoms with Crippen molar-refractivity contribution >= 4 is 6.34 Å². The minimum Gasteiger partial charge on any atom is -0.259 e. The fourth-order valence-corrected chi connectivity index (χ4v) is 1.28. The van der Waals surface area contributed by atoms with Crippen LogP contribution >= 0.6 is 0 Å². The molecule has 1 atom stereocenters. The van der Waals surface area contributed by atoms with Crippen LogP contribution in [0.4, 0.5) is 22.0 Å². The molecule has 0 saturated heterocycles. The first-order chi connectivity index (χ1) is 7.63. The highest BCUT2D eigenvalue weighted by molar-refractivity contribution is 5.59. The molecule has 17 heavy (non-hydrogen) atoms. The fraction of sp³-hybridized carbons (Fsp3) is 0.750. The summed E-state index contributed by atoms with van der Waals surface area (Å²) in [7, 11) is 0. The van der Waals surface area contributed by atoms with Gasteiger partial charge < -0.3 is 0 Å². The van der Waals surface area contributed by atoms with Crippen molar-refractivity contribution in [2.75, 3.05) is 0 Å². The second-order valence-corrected chi connectivity index (χ2v) is 3.65. The summed E-state index contributed by atoms with van der Waals surface area (Å²) in [5.41, 5.74) is 0. The summed E-state index contributed by atoms with van der Waals surface area (Å²) in [6, 6.07) is -4.22. The molecule has 0 aromatic heterocycles. The standard InChI is InChI=1S/C8H9F5N4/c1-5(2)17-6(3-14)16(4-15-17)8(12,13)7(9,10)11/h4-6H,1-2H3. The summed E-state index contributed by atoms with van der Waals surface area (Å²) < 4.78 is 62.5. The van der Waals surface area contributed by atoms with Gasteiger partial charge in [0.05, 0.1) is 0 Å². The van der Waals surface area contributed by atoms with E-state index >= 15 is 0 Å². The van der Waals surface area contributed by atoms with E-state index in [4.69, 9.17) is 5.26 Å². The Balaban J connectivity index is 3.03. The van der Waals surface area contributed by atoms with Crippen molar-refractivity contribution in [3.8, 4) is 6.07 Å². The average Bonchev–Trinajstić information content (AvgIpc) is 2.59. The smallest absolute Gasteiger partial charge is 0.259 e. The zero-order chi connectivity index (χ0) is 13.4. The molecular formula is C8H9F5N4. The van der Waals surface area contributed by atoms with Crippen molar-refractivity contribution < 1.29 is 22.0 Å². The molecule has 1 rings (SSSR count). The quantitative estimate of drug-likeness (QED) is 0.560. The van der Waals surface area contributed by atoms with E-state index in [0.717, 1.165) is 5.01 Å². The maximum absolute atomic E-state index is 13.0. The topological polar surface area (TPSA) is 42.6 Å². The largest absolute Gasteiger partial charge is 0.475 e. The first-order valence-corrected chi connectivity index (χ1v) is 4.58. The number of rotatable bonds is 2. The Kier molecular flexibility index (Phi) is 3.18. The first kappa shape index (κ1) is 13.5. The number of hydrogen-bond acceptors (Lipinski definition) is 4. The van der Waals surface area contributed by atoms with Gasteiger partial charge in [-0.3, -0.25) is 9.91 Å². The molecule has 0 bridgehead atoms. The van der Waals surface area contributed by atoms with E-state index in [2.05, 4.69) is 5.10 Å². The predicted molar refractivity (Wildman–Crippen MR) is 47.7 cm³/mol. The molecule has 9 heteroatoms.